The van der Waals surface area contributed by atoms with Gasteiger partial charge in [0.05, 0.1) is 19.3 Å². The predicted octanol–water partition coefficient (Wildman–Crippen LogP) is 2.41. The fourth-order valence-electron chi connectivity index (χ4n) is 5.95. The Bertz CT molecular complexity index is 1190. The van der Waals surface area contributed by atoms with Gasteiger partial charge in [-0.3, -0.25) is 19.5 Å². The summed E-state index contributed by atoms with van der Waals surface area (Å²) in [6.45, 7) is 5.82. The molecule has 1 atom stereocenters. The van der Waals surface area contributed by atoms with Crippen LogP contribution in [0.1, 0.15) is 34.7 Å². The maximum atomic E-state index is 13.8. The predicted molar refractivity (Wildman–Crippen MR) is 140 cm³/mol. The van der Waals surface area contributed by atoms with Crippen LogP contribution in [0, 0.1) is 0 Å². The molecule has 37 heavy (non-hydrogen) atoms. The number of nitrogens with zero attached hydrogens (tertiary/aromatic N) is 4. The van der Waals surface area contributed by atoms with E-state index in [0.29, 0.717) is 19.8 Å². The SMILES string of the molecule is C=CC(=O)/C(O)=C1/C(=O)N([C@@H]2CCN(CCO)C2)CN(C2c3ccccc3CCc3ccccc32)N1C. The summed E-state index contributed by atoms with van der Waals surface area (Å²) >= 11 is 0. The zero-order chi connectivity index (χ0) is 26.1. The highest BCUT2D eigenvalue weighted by molar-refractivity contribution is 6.08. The van der Waals surface area contributed by atoms with Gasteiger partial charge in [-0.05, 0) is 47.6 Å². The molecule has 194 valence electrons. The standard InChI is InChI=1S/C29H34N4O4/c1-3-25(35)28(36)27-29(37)32(22-14-15-31(18-22)16-17-34)19-33(30(27)2)26-23-10-6-4-8-20(23)12-13-21-9-5-7-11-24(21)26/h3-11,22,26,34,36H,1,12-19H2,2H3/b28-27+/t22-/m1/s1. The summed E-state index contributed by atoms with van der Waals surface area (Å²) in [5.74, 6) is -1.66. The molecule has 8 nitrogen and oxygen atoms in total. The number of aliphatic hydroxyl groups excluding tert-OH is 2. The molecule has 2 N–H and O–H groups in total. The van der Waals surface area contributed by atoms with Gasteiger partial charge in [0, 0.05) is 32.7 Å². The fourth-order valence-corrected chi connectivity index (χ4v) is 5.95. The number of amides is 1. The van der Waals surface area contributed by atoms with Crippen molar-refractivity contribution in [3.63, 3.8) is 0 Å². The van der Waals surface area contributed by atoms with E-state index in [0.717, 1.165) is 43.0 Å². The first-order valence-corrected chi connectivity index (χ1v) is 12.8. The Hall–Kier alpha value is -3.46. The van der Waals surface area contributed by atoms with Gasteiger partial charge in [0.25, 0.3) is 5.91 Å². The number of hydrogen-bond donors (Lipinski definition) is 2. The summed E-state index contributed by atoms with van der Waals surface area (Å²) < 4.78 is 0. The Morgan fingerprint density at radius 3 is 2.30 bits per heavy atom. The van der Waals surface area contributed by atoms with E-state index in [-0.39, 0.29) is 30.3 Å². The van der Waals surface area contributed by atoms with E-state index >= 15 is 0 Å². The minimum atomic E-state index is -0.688. The molecule has 2 fully saturated rings. The minimum absolute atomic E-state index is 0.0454. The van der Waals surface area contributed by atoms with Crippen LogP contribution in [0.25, 0.3) is 0 Å². The molecule has 5 rings (SSSR count). The highest BCUT2D eigenvalue weighted by atomic mass is 16.3. The van der Waals surface area contributed by atoms with Crippen molar-refractivity contribution in [3.8, 4) is 0 Å². The number of fused-ring (bicyclic) bond motifs is 2. The third kappa shape index (κ3) is 4.56. The number of carbonyl (C=O) groups excluding carboxylic acids is 2. The van der Waals surface area contributed by atoms with Crippen LogP contribution in [-0.2, 0) is 22.4 Å². The minimum Gasteiger partial charge on any atom is -0.503 e. The lowest BCUT2D eigenvalue weighted by molar-refractivity contribution is -0.156. The van der Waals surface area contributed by atoms with Crippen LogP contribution < -0.4 is 0 Å². The van der Waals surface area contributed by atoms with Gasteiger partial charge >= 0.3 is 0 Å². The summed E-state index contributed by atoms with van der Waals surface area (Å²) in [6.07, 6.45) is 3.60. The lowest BCUT2D eigenvalue weighted by Crippen LogP contribution is -2.61. The first-order chi connectivity index (χ1) is 17.9. The number of likely N-dealkylation sites (N-methyl/N-ethyl adjacent to an activating group) is 1. The Morgan fingerprint density at radius 2 is 1.70 bits per heavy atom. The summed E-state index contributed by atoms with van der Waals surface area (Å²) in [5.41, 5.74) is 4.74. The van der Waals surface area contributed by atoms with Gasteiger partial charge in [-0.25, -0.2) is 0 Å². The molecule has 2 aromatic carbocycles. The van der Waals surface area contributed by atoms with Gasteiger partial charge in [0.15, 0.2) is 11.5 Å². The van der Waals surface area contributed by atoms with E-state index in [1.807, 2.05) is 12.1 Å². The number of aliphatic hydroxyl groups is 2. The van der Waals surface area contributed by atoms with Crippen LogP contribution in [-0.4, -0.2) is 87.7 Å². The quantitative estimate of drug-likeness (QED) is 0.463. The number of β-amino-alcohol motifs (C(OH)–C–C–N with tert-alkyl or cyclic N) is 1. The van der Waals surface area contributed by atoms with E-state index < -0.39 is 11.5 Å². The molecule has 0 unspecified atom stereocenters. The van der Waals surface area contributed by atoms with Crippen LogP contribution >= 0.6 is 0 Å². The first-order valence-electron chi connectivity index (χ1n) is 12.8. The lowest BCUT2D eigenvalue weighted by atomic mass is 9.94. The van der Waals surface area contributed by atoms with Crippen molar-refractivity contribution in [2.45, 2.75) is 31.3 Å². The van der Waals surface area contributed by atoms with Gasteiger partial charge in [-0.15, -0.1) is 0 Å². The molecule has 2 aromatic rings. The van der Waals surface area contributed by atoms with Gasteiger partial charge in [-0.1, -0.05) is 55.1 Å². The topological polar surface area (TPSA) is 87.6 Å². The molecule has 2 aliphatic heterocycles. The molecule has 8 heteroatoms. The third-order valence-corrected chi connectivity index (χ3v) is 7.88. The number of carbonyl (C=O) groups is 2. The first kappa shape index (κ1) is 25.2. The number of rotatable bonds is 6. The number of aryl methyl sites for hydroxylation is 2. The Kier molecular flexibility index (Phi) is 7.15. The summed E-state index contributed by atoms with van der Waals surface area (Å²) in [6, 6.07) is 16.4. The molecule has 0 radical (unpaired) electrons. The van der Waals surface area contributed by atoms with Crippen LogP contribution in [0.2, 0.25) is 0 Å². The molecule has 0 saturated carbocycles. The van der Waals surface area contributed by atoms with Crippen molar-refractivity contribution in [1.82, 2.24) is 19.8 Å². The molecule has 2 saturated heterocycles. The number of benzene rings is 2. The average Bonchev–Trinajstić information content (AvgIpc) is 3.31. The number of allylic oxidation sites excluding steroid dienone is 1. The van der Waals surface area contributed by atoms with E-state index in [1.54, 1.807) is 17.0 Å². The van der Waals surface area contributed by atoms with Crippen molar-refractivity contribution >= 4 is 11.7 Å². The molecule has 1 aliphatic carbocycles. The Balaban J connectivity index is 1.64. The van der Waals surface area contributed by atoms with E-state index in [2.05, 4.69) is 52.9 Å². The Labute approximate surface area is 217 Å². The van der Waals surface area contributed by atoms with Crippen molar-refractivity contribution in [2.75, 3.05) is 40.0 Å². The number of hydrogen-bond acceptors (Lipinski definition) is 7. The van der Waals surface area contributed by atoms with Crippen LogP contribution in [0.15, 0.2) is 72.6 Å². The van der Waals surface area contributed by atoms with E-state index in [4.69, 9.17) is 0 Å². The molecule has 1 amide bonds. The summed E-state index contributed by atoms with van der Waals surface area (Å²) in [7, 11) is 1.74. The highest BCUT2D eigenvalue weighted by Crippen LogP contribution is 2.40. The van der Waals surface area contributed by atoms with E-state index in [9.17, 15) is 19.8 Å². The van der Waals surface area contributed by atoms with Crippen molar-refractivity contribution in [1.29, 1.82) is 0 Å². The van der Waals surface area contributed by atoms with Gasteiger partial charge < -0.3 is 15.1 Å². The second-order valence-electron chi connectivity index (χ2n) is 9.91. The zero-order valence-electron chi connectivity index (χ0n) is 21.2. The van der Waals surface area contributed by atoms with Crippen LogP contribution in [0.3, 0.4) is 0 Å². The monoisotopic (exact) mass is 502 g/mol. The number of ketones is 1. The summed E-state index contributed by atoms with van der Waals surface area (Å²) in [4.78, 5) is 30.3. The normalized spacial score (nSPS) is 22.4. The van der Waals surface area contributed by atoms with Crippen molar-refractivity contribution < 1.29 is 19.8 Å². The third-order valence-electron chi connectivity index (χ3n) is 7.88. The largest absolute Gasteiger partial charge is 0.503 e. The second-order valence-corrected chi connectivity index (χ2v) is 9.91. The Morgan fingerprint density at radius 1 is 1.08 bits per heavy atom. The maximum absolute atomic E-state index is 13.8. The lowest BCUT2D eigenvalue weighted by Gasteiger charge is -2.49. The van der Waals surface area contributed by atoms with E-state index in [1.165, 1.54) is 11.1 Å². The molecule has 0 aromatic heterocycles. The molecular formula is C29H34N4O4. The zero-order valence-corrected chi connectivity index (χ0v) is 21.2. The molecule has 0 bridgehead atoms. The van der Waals surface area contributed by atoms with Gasteiger partial charge in [0.1, 0.15) is 0 Å². The maximum Gasteiger partial charge on any atom is 0.276 e. The van der Waals surface area contributed by atoms with Crippen molar-refractivity contribution in [3.05, 3.63) is 94.9 Å². The van der Waals surface area contributed by atoms with Crippen LogP contribution in [0.4, 0.5) is 0 Å². The highest BCUT2D eigenvalue weighted by Gasteiger charge is 2.44. The van der Waals surface area contributed by atoms with Gasteiger partial charge in [-0.2, -0.15) is 5.01 Å². The van der Waals surface area contributed by atoms with Crippen molar-refractivity contribution in [2.24, 2.45) is 0 Å². The average molecular weight is 503 g/mol. The number of likely N-dealkylation sites (tertiary alicyclic amines) is 1. The molecule has 0 spiro atoms. The van der Waals surface area contributed by atoms with Gasteiger partial charge in [0.2, 0.25) is 5.78 Å². The molecule has 3 aliphatic rings. The van der Waals surface area contributed by atoms with Crippen LogP contribution in [0.5, 0.6) is 0 Å². The molecule has 2 heterocycles. The smallest absolute Gasteiger partial charge is 0.276 e. The second kappa shape index (κ2) is 10.5. The summed E-state index contributed by atoms with van der Waals surface area (Å²) in [5, 5.41) is 24.1. The number of hydrazine groups is 1. The fraction of sp³-hybridized carbons (Fsp3) is 0.379. The molecular weight excluding hydrogens is 468 g/mol.